The van der Waals surface area contributed by atoms with Gasteiger partial charge >= 0.3 is 0 Å². The van der Waals surface area contributed by atoms with Gasteiger partial charge in [0, 0.05) is 17.7 Å². The number of halogens is 1. The van der Waals surface area contributed by atoms with Crippen LogP contribution in [0.5, 0.6) is 0 Å². The summed E-state index contributed by atoms with van der Waals surface area (Å²) in [6.45, 7) is 0.873. The van der Waals surface area contributed by atoms with E-state index >= 15 is 0 Å². The largest absolute Gasteiger partial charge is 0.329 e. The fourth-order valence-corrected chi connectivity index (χ4v) is 3.00. The number of fused-ring (bicyclic) bond motifs is 1. The molecule has 2 nitrogen and oxygen atoms in total. The number of hydrogen-bond acceptors (Lipinski definition) is 2. The zero-order chi connectivity index (χ0) is 7.14. The quantitative estimate of drug-likeness (QED) is 0.438. The molecule has 2 atom stereocenters. The van der Waals surface area contributed by atoms with Crippen LogP contribution in [0.15, 0.2) is 0 Å². The summed E-state index contributed by atoms with van der Waals surface area (Å²) in [5.41, 5.74) is 0. The molecule has 2 aliphatic rings. The number of β-lactam (4-membered cyclic amide) rings is 1. The highest BCUT2D eigenvalue weighted by Crippen LogP contribution is 2.39. The van der Waals surface area contributed by atoms with E-state index in [9.17, 15) is 4.79 Å². The summed E-state index contributed by atoms with van der Waals surface area (Å²) in [5, 5.41) is 0.953. The Labute approximate surface area is 68.9 Å². The van der Waals surface area contributed by atoms with E-state index in [0.717, 1.165) is 13.0 Å². The zero-order valence-electron chi connectivity index (χ0n) is 5.42. The minimum absolute atomic E-state index is 0.296. The summed E-state index contributed by atoms with van der Waals surface area (Å²) in [6.07, 6.45) is 0.734. The fraction of sp³-hybridized carbons (Fsp3) is 0.833. The number of carbonyl (C=O) groups excluding carboxylic acids is 1. The molecule has 1 amide bonds. The molecule has 0 N–H and O–H groups in total. The van der Waals surface area contributed by atoms with Crippen molar-refractivity contribution in [3.8, 4) is 0 Å². The van der Waals surface area contributed by atoms with Gasteiger partial charge in [0.1, 0.15) is 0 Å². The van der Waals surface area contributed by atoms with Crippen LogP contribution in [0, 0.1) is 0 Å². The van der Waals surface area contributed by atoms with Crippen LogP contribution < -0.4 is 0 Å². The van der Waals surface area contributed by atoms with Gasteiger partial charge in [-0.15, -0.1) is 23.4 Å². The standard InChI is InChI=1S/C6H8ClNOS/c7-2-4-3-8-5(9)1-6(8)10-4/h4,6H,1-3H2/t4-,6-/m0/s1. The molecule has 0 aromatic heterocycles. The van der Waals surface area contributed by atoms with Crippen molar-refractivity contribution in [2.24, 2.45) is 0 Å². The molecular formula is C6H8ClNOS. The van der Waals surface area contributed by atoms with Gasteiger partial charge in [-0.05, 0) is 0 Å². The number of alkyl halides is 1. The van der Waals surface area contributed by atoms with Gasteiger partial charge in [0.15, 0.2) is 0 Å². The van der Waals surface area contributed by atoms with Crippen molar-refractivity contribution in [3.05, 3.63) is 0 Å². The SMILES string of the molecule is O=C1C[C@@H]2S[C@@H](CCl)CN12. The molecule has 2 rings (SSSR count). The van der Waals surface area contributed by atoms with Crippen molar-refractivity contribution in [2.45, 2.75) is 17.0 Å². The molecule has 2 heterocycles. The maximum Gasteiger partial charge on any atom is 0.226 e. The lowest BCUT2D eigenvalue weighted by Gasteiger charge is -2.32. The first-order chi connectivity index (χ1) is 4.81. The Balaban J connectivity index is 1.99. The van der Waals surface area contributed by atoms with E-state index in [2.05, 4.69) is 0 Å². The molecule has 4 heteroatoms. The Morgan fingerprint density at radius 3 is 3.10 bits per heavy atom. The highest BCUT2D eigenvalue weighted by molar-refractivity contribution is 8.01. The van der Waals surface area contributed by atoms with Crippen LogP contribution in [0.3, 0.4) is 0 Å². The number of nitrogens with zero attached hydrogens (tertiary/aromatic N) is 1. The third-order valence-electron chi connectivity index (χ3n) is 1.94. The molecular weight excluding hydrogens is 170 g/mol. The number of thioether (sulfide) groups is 1. The average molecular weight is 178 g/mol. The van der Waals surface area contributed by atoms with Gasteiger partial charge in [-0.3, -0.25) is 4.79 Å². The lowest BCUT2D eigenvalue weighted by molar-refractivity contribution is -0.140. The third-order valence-corrected chi connectivity index (χ3v) is 3.93. The van der Waals surface area contributed by atoms with Crippen molar-refractivity contribution in [2.75, 3.05) is 12.4 Å². The summed E-state index contributed by atoms with van der Waals surface area (Å²) >= 11 is 7.49. The Kier molecular flexibility index (Phi) is 1.57. The molecule has 56 valence electrons. The van der Waals surface area contributed by atoms with Gasteiger partial charge in [-0.2, -0.15) is 0 Å². The predicted octanol–water partition coefficient (Wildman–Crippen LogP) is 0.899. The van der Waals surface area contributed by atoms with Gasteiger partial charge in [0.2, 0.25) is 5.91 Å². The summed E-state index contributed by atoms with van der Waals surface area (Å²) in [7, 11) is 0. The van der Waals surface area contributed by atoms with E-state index < -0.39 is 0 Å². The third kappa shape index (κ3) is 0.839. The van der Waals surface area contributed by atoms with Crippen LogP contribution in [0.2, 0.25) is 0 Å². The fourth-order valence-electron chi connectivity index (χ4n) is 1.34. The van der Waals surface area contributed by atoms with Crippen LogP contribution in [0.4, 0.5) is 0 Å². The molecule has 0 aromatic rings. The summed E-state index contributed by atoms with van der Waals surface area (Å²) in [6, 6.07) is 0. The van der Waals surface area contributed by atoms with Gasteiger partial charge in [0.05, 0.1) is 11.8 Å². The van der Waals surface area contributed by atoms with Gasteiger partial charge in [-0.1, -0.05) is 0 Å². The Bertz CT molecular complexity index is 175. The zero-order valence-corrected chi connectivity index (χ0v) is 6.99. The van der Waals surface area contributed by atoms with E-state index in [1.165, 1.54) is 0 Å². The molecule has 2 saturated heterocycles. The molecule has 0 bridgehead atoms. The topological polar surface area (TPSA) is 20.3 Å². The highest BCUT2D eigenvalue weighted by atomic mass is 35.5. The molecule has 0 spiro atoms. The van der Waals surface area contributed by atoms with Crippen LogP contribution in [0.25, 0.3) is 0 Å². The average Bonchev–Trinajstić information content (AvgIpc) is 2.26. The highest BCUT2D eigenvalue weighted by Gasteiger charge is 2.44. The van der Waals surface area contributed by atoms with E-state index in [1.807, 2.05) is 16.7 Å². The molecule has 2 fully saturated rings. The second-order valence-corrected chi connectivity index (χ2v) is 4.41. The van der Waals surface area contributed by atoms with Crippen molar-refractivity contribution >= 4 is 29.3 Å². The monoisotopic (exact) mass is 177 g/mol. The van der Waals surface area contributed by atoms with Crippen molar-refractivity contribution in [1.29, 1.82) is 0 Å². The summed E-state index contributed by atoms with van der Waals surface area (Å²) < 4.78 is 0. The minimum atomic E-state index is 0.296. The first-order valence-electron chi connectivity index (χ1n) is 3.32. The number of rotatable bonds is 1. The predicted molar refractivity (Wildman–Crippen MR) is 42.2 cm³/mol. The van der Waals surface area contributed by atoms with Gasteiger partial charge in [0.25, 0.3) is 0 Å². The molecule has 2 aliphatic heterocycles. The van der Waals surface area contributed by atoms with Crippen LogP contribution in [0.1, 0.15) is 6.42 Å². The summed E-state index contributed by atoms with van der Waals surface area (Å²) in [5.74, 6) is 0.968. The normalized spacial score (nSPS) is 37.7. The van der Waals surface area contributed by atoms with Crippen molar-refractivity contribution in [3.63, 3.8) is 0 Å². The Morgan fingerprint density at radius 1 is 1.80 bits per heavy atom. The van der Waals surface area contributed by atoms with Crippen LogP contribution >= 0.6 is 23.4 Å². The Morgan fingerprint density at radius 2 is 2.60 bits per heavy atom. The van der Waals surface area contributed by atoms with E-state index in [-0.39, 0.29) is 0 Å². The van der Waals surface area contributed by atoms with Crippen molar-refractivity contribution in [1.82, 2.24) is 4.90 Å². The van der Waals surface area contributed by atoms with E-state index in [1.54, 1.807) is 0 Å². The number of carbonyl (C=O) groups is 1. The van der Waals surface area contributed by atoms with Crippen molar-refractivity contribution < 1.29 is 4.79 Å². The van der Waals surface area contributed by atoms with Crippen LogP contribution in [-0.2, 0) is 4.79 Å². The number of hydrogen-bond donors (Lipinski definition) is 0. The molecule has 0 aromatic carbocycles. The summed E-state index contributed by atoms with van der Waals surface area (Å²) in [4.78, 5) is 12.8. The Hall–Kier alpha value is 0.110. The molecule has 0 unspecified atom stereocenters. The lowest BCUT2D eigenvalue weighted by Crippen LogP contribution is -2.47. The lowest BCUT2D eigenvalue weighted by atomic mass is 10.2. The second kappa shape index (κ2) is 2.31. The maximum absolute atomic E-state index is 10.8. The first-order valence-corrected chi connectivity index (χ1v) is 4.80. The van der Waals surface area contributed by atoms with Gasteiger partial charge in [-0.25, -0.2) is 0 Å². The molecule has 10 heavy (non-hydrogen) atoms. The van der Waals surface area contributed by atoms with Gasteiger partial charge < -0.3 is 4.90 Å². The second-order valence-electron chi connectivity index (χ2n) is 2.62. The molecule has 0 radical (unpaired) electrons. The maximum atomic E-state index is 10.8. The minimum Gasteiger partial charge on any atom is -0.329 e. The van der Waals surface area contributed by atoms with E-state index in [0.29, 0.717) is 22.4 Å². The van der Waals surface area contributed by atoms with E-state index in [4.69, 9.17) is 11.6 Å². The smallest absolute Gasteiger partial charge is 0.226 e. The number of amides is 1. The molecule has 0 aliphatic carbocycles. The first kappa shape index (κ1) is 6.80. The van der Waals surface area contributed by atoms with Crippen LogP contribution in [-0.4, -0.2) is 33.9 Å². The molecule has 0 saturated carbocycles.